The molecular weight excluding hydrogens is 268 g/mol. The molecule has 0 bridgehead atoms. The lowest BCUT2D eigenvalue weighted by Crippen LogP contribution is -2.28. The van der Waals surface area contributed by atoms with E-state index in [0.29, 0.717) is 12.5 Å². The van der Waals surface area contributed by atoms with Gasteiger partial charge in [0, 0.05) is 6.54 Å². The number of carbonyl (C=O) groups is 1. The van der Waals surface area contributed by atoms with Gasteiger partial charge in [-0.15, -0.1) is 10.2 Å². The van der Waals surface area contributed by atoms with Gasteiger partial charge in [-0.25, -0.2) is 0 Å². The van der Waals surface area contributed by atoms with E-state index in [2.05, 4.69) is 15.5 Å². The van der Waals surface area contributed by atoms with Crippen LogP contribution in [0, 0.1) is 12.8 Å². The van der Waals surface area contributed by atoms with Crippen LogP contribution in [0.15, 0.2) is 24.3 Å². The number of nitrogens with one attached hydrogen (secondary N) is 1. The number of carbonyl (C=O) groups excluding carboxylic acids is 1. The van der Waals surface area contributed by atoms with E-state index in [0.717, 1.165) is 11.3 Å². The number of hydrogen-bond donors (Lipinski definition) is 2. The summed E-state index contributed by atoms with van der Waals surface area (Å²) < 4.78 is 0. The number of nitrogens with zero attached hydrogens (tertiary/aromatic N) is 3. The van der Waals surface area contributed by atoms with Crippen LogP contribution in [0.2, 0.25) is 0 Å². The summed E-state index contributed by atoms with van der Waals surface area (Å²) in [5.41, 5.74) is 2.32. The predicted octanol–water partition coefficient (Wildman–Crippen LogP) is 1.45. The van der Waals surface area contributed by atoms with E-state index >= 15 is 0 Å². The van der Waals surface area contributed by atoms with Crippen LogP contribution < -0.4 is 5.32 Å². The molecule has 0 aliphatic heterocycles. The van der Waals surface area contributed by atoms with Crippen molar-refractivity contribution >= 4 is 5.91 Å². The van der Waals surface area contributed by atoms with E-state index in [4.69, 9.17) is 0 Å². The highest BCUT2D eigenvalue weighted by Gasteiger charge is 2.18. The van der Waals surface area contributed by atoms with Crippen molar-refractivity contribution < 1.29 is 9.90 Å². The predicted molar refractivity (Wildman–Crippen MR) is 79.2 cm³/mol. The molecule has 112 valence electrons. The van der Waals surface area contributed by atoms with Crippen molar-refractivity contribution in [2.24, 2.45) is 5.92 Å². The van der Waals surface area contributed by atoms with Crippen LogP contribution in [-0.2, 0) is 6.61 Å². The Morgan fingerprint density at radius 1 is 1.29 bits per heavy atom. The fourth-order valence-corrected chi connectivity index (χ4v) is 1.79. The van der Waals surface area contributed by atoms with Crippen molar-refractivity contribution in [1.82, 2.24) is 20.3 Å². The highest BCUT2D eigenvalue weighted by Crippen LogP contribution is 2.10. The van der Waals surface area contributed by atoms with Crippen molar-refractivity contribution in [2.45, 2.75) is 27.4 Å². The Labute approximate surface area is 123 Å². The minimum atomic E-state index is -0.323. The molecule has 0 spiro atoms. The van der Waals surface area contributed by atoms with E-state index in [1.807, 2.05) is 45.0 Å². The van der Waals surface area contributed by atoms with Gasteiger partial charge < -0.3 is 10.4 Å². The van der Waals surface area contributed by atoms with Crippen molar-refractivity contribution in [3.05, 3.63) is 41.2 Å². The van der Waals surface area contributed by atoms with Crippen molar-refractivity contribution in [3.8, 4) is 5.69 Å². The van der Waals surface area contributed by atoms with Gasteiger partial charge in [-0.1, -0.05) is 31.5 Å². The smallest absolute Gasteiger partial charge is 0.273 e. The van der Waals surface area contributed by atoms with Gasteiger partial charge in [0.25, 0.3) is 5.91 Å². The van der Waals surface area contributed by atoms with Gasteiger partial charge in [-0.3, -0.25) is 4.79 Å². The average molecular weight is 288 g/mol. The largest absolute Gasteiger partial charge is 0.390 e. The van der Waals surface area contributed by atoms with Crippen molar-refractivity contribution in [1.29, 1.82) is 0 Å². The number of aryl methyl sites for hydroxylation is 1. The van der Waals surface area contributed by atoms with Crippen LogP contribution in [0.5, 0.6) is 0 Å². The molecule has 0 saturated carbocycles. The summed E-state index contributed by atoms with van der Waals surface area (Å²) in [4.78, 5) is 13.5. The third-order valence-electron chi connectivity index (χ3n) is 2.98. The summed E-state index contributed by atoms with van der Waals surface area (Å²) in [6.45, 7) is 6.24. The van der Waals surface area contributed by atoms with E-state index in [1.54, 1.807) is 0 Å². The lowest BCUT2D eigenvalue weighted by atomic mass is 10.2. The molecule has 0 saturated heterocycles. The first-order valence-corrected chi connectivity index (χ1v) is 6.93. The Morgan fingerprint density at radius 3 is 2.52 bits per heavy atom. The fraction of sp³-hybridized carbons (Fsp3) is 0.400. The molecule has 2 N–H and O–H groups in total. The second-order valence-corrected chi connectivity index (χ2v) is 5.38. The van der Waals surface area contributed by atoms with E-state index < -0.39 is 0 Å². The summed E-state index contributed by atoms with van der Waals surface area (Å²) in [5.74, 6) is 0.0322. The second kappa shape index (κ2) is 6.49. The number of aliphatic hydroxyl groups is 1. The Balaban J connectivity index is 2.26. The van der Waals surface area contributed by atoms with E-state index in [-0.39, 0.29) is 23.9 Å². The number of benzene rings is 1. The van der Waals surface area contributed by atoms with Gasteiger partial charge in [-0.05, 0) is 25.0 Å². The molecule has 1 aromatic heterocycles. The lowest BCUT2D eigenvalue weighted by molar-refractivity contribution is 0.0940. The van der Waals surface area contributed by atoms with Crippen LogP contribution in [0.4, 0.5) is 0 Å². The molecule has 0 radical (unpaired) electrons. The summed E-state index contributed by atoms with van der Waals surface area (Å²) in [5, 5.41) is 20.5. The zero-order valence-electron chi connectivity index (χ0n) is 12.5. The minimum Gasteiger partial charge on any atom is -0.390 e. The highest BCUT2D eigenvalue weighted by molar-refractivity contribution is 5.93. The molecule has 2 rings (SSSR count). The van der Waals surface area contributed by atoms with E-state index in [9.17, 15) is 9.90 Å². The van der Waals surface area contributed by atoms with Crippen molar-refractivity contribution in [2.75, 3.05) is 6.54 Å². The molecular formula is C15H20N4O2. The number of aromatic nitrogens is 3. The first kappa shape index (κ1) is 15.2. The quantitative estimate of drug-likeness (QED) is 0.872. The first-order chi connectivity index (χ1) is 10.0. The molecule has 0 atom stereocenters. The van der Waals surface area contributed by atoms with Crippen LogP contribution >= 0.6 is 0 Å². The molecule has 6 heteroatoms. The fourth-order valence-electron chi connectivity index (χ4n) is 1.79. The molecule has 0 unspecified atom stereocenters. The number of hydrogen-bond acceptors (Lipinski definition) is 4. The molecule has 1 aromatic carbocycles. The standard InChI is InChI=1S/C15H20N4O2/c1-10(2)8-16-15(21)14-13(9-20)17-19(18-14)12-6-4-11(3)5-7-12/h4-7,10,20H,8-9H2,1-3H3,(H,16,21). The molecule has 0 fully saturated rings. The molecule has 6 nitrogen and oxygen atoms in total. The molecule has 1 heterocycles. The molecule has 0 aliphatic rings. The highest BCUT2D eigenvalue weighted by atomic mass is 16.3. The molecule has 21 heavy (non-hydrogen) atoms. The molecule has 1 amide bonds. The lowest BCUT2D eigenvalue weighted by Gasteiger charge is -2.05. The first-order valence-electron chi connectivity index (χ1n) is 6.93. The third kappa shape index (κ3) is 3.66. The number of amides is 1. The van der Waals surface area contributed by atoms with Gasteiger partial charge >= 0.3 is 0 Å². The maximum Gasteiger partial charge on any atom is 0.273 e. The second-order valence-electron chi connectivity index (χ2n) is 5.38. The van der Waals surface area contributed by atoms with Gasteiger partial charge in [0.15, 0.2) is 5.69 Å². The minimum absolute atomic E-state index is 0.165. The molecule has 0 aliphatic carbocycles. The average Bonchev–Trinajstić information content (AvgIpc) is 2.89. The maximum absolute atomic E-state index is 12.1. The van der Waals surface area contributed by atoms with E-state index in [1.165, 1.54) is 4.80 Å². The SMILES string of the molecule is Cc1ccc(-n2nc(CO)c(C(=O)NCC(C)C)n2)cc1. The zero-order valence-corrected chi connectivity index (χ0v) is 12.5. The van der Waals surface area contributed by atoms with Crippen LogP contribution in [-0.4, -0.2) is 32.6 Å². The van der Waals surface area contributed by atoms with Crippen LogP contribution in [0.3, 0.4) is 0 Å². The number of rotatable bonds is 5. The summed E-state index contributed by atoms with van der Waals surface area (Å²) in [6.07, 6.45) is 0. The summed E-state index contributed by atoms with van der Waals surface area (Å²) in [7, 11) is 0. The number of aliphatic hydroxyl groups excluding tert-OH is 1. The molecule has 2 aromatic rings. The van der Waals surface area contributed by atoms with Crippen molar-refractivity contribution in [3.63, 3.8) is 0 Å². The maximum atomic E-state index is 12.1. The van der Waals surface area contributed by atoms with Crippen LogP contribution in [0.25, 0.3) is 5.69 Å². The normalized spacial score (nSPS) is 10.9. The van der Waals surface area contributed by atoms with Gasteiger partial charge in [0.2, 0.25) is 0 Å². The zero-order chi connectivity index (χ0) is 15.4. The Bertz CT molecular complexity index is 617. The van der Waals surface area contributed by atoms with Gasteiger partial charge in [-0.2, -0.15) is 4.80 Å². The Morgan fingerprint density at radius 2 is 1.95 bits per heavy atom. The van der Waals surface area contributed by atoms with Gasteiger partial charge in [0.1, 0.15) is 5.69 Å². The third-order valence-corrected chi connectivity index (χ3v) is 2.98. The topological polar surface area (TPSA) is 80.0 Å². The van der Waals surface area contributed by atoms with Crippen LogP contribution in [0.1, 0.15) is 35.6 Å². The summed E-state index contributed by atoms with van der Waals surface area (Å²) in [6, 6.07) is 7.62. The Kier molecular flexibility index (Phi) is 4.70. The van der Waals surface area contributed by atoms with Gasteiger partial charge in [0.05, 0.1) is 12.3 Å². The Hall–Kier alpha value is -2.21. The monoisotopic (exact) mass is 288 g/mol. The summed E-state index contributed by atoms with van der Waals surface area (Å²) >= 11 is 0.